The molecule has 20 heteroatoms. The van der Waals surface area contributed by atoms with Crippen molar-refractivity contribution in [3.63, 3.8) is 0 Å². The van der Waals surface area contributed by atoms with E-state index in [0.717, 1.165) is 0 Å². The Balaban J connectivity index is -0.00000000562. The predicted molar refractivity (Wildman–Crippen MR) is 63.8 cm³/mol. The molecule has 0 heterocycles. The van der Waals surface area contributed by atoms with Crippen LogP contribution in [0.4, 0.5) is 0 Å². The van der Waals surface area contributed by atoms with Gasteiger partial charge < -0.3 is 83.5 Å². The van der Waals surface area contributed by atoms with E-state index in [1.807, 2.05) is 0 Å². The van der Waals surface area contributed by atoms with Crippen LogP contribution in [0.1, 0.15) is 0 Å². The summed E-state index contributed by atoms with van der Waals surface area (Å²) in [6, 6.07) is 0. The van der Waals surface area contributed by atoms with Gasteiger partial charge in [-0.1, -0.05) is 0 Å². The van der Waals surface area contributed by atoms with Crippen LogP contribution in [0, 0.1) is 0 Å². The first kappa shape index (κ1) is 84.8. The van der Waals surface area contributed by atoms with Gasteiger partial charge in [0, 0.05) is 0 Å². The Kier molecular flexibility index (Phi) is 309. The van der Waals surface area contributed by atoms with E-state index >= 15 is 0 Å². The van der Waals surface area contributed by atoms with E-state index in [0.29, 0.717) is 0 Å². The molecule has 0 bridgehead atoms. The fourth-order valence-electron chi connectivity index (χ4n) is 0. The average molecular weight is 350 g/mol. The van der Waals surface area contributed by atoms with Gasteiger partial charge in [-0.25, -0.2) is 0 Å². The van der Waals surface area contributed by atoms with Crippen LogP contribution in [-0.2, 0) is 0 Å². The molecule has 21 N–H and O–H groups in total. The van der Waals surface area contributed by atoms with E-state index in [4.69, 9.17) is 45.2 Å². The Morgan fingerprint density at radius 2 is 0.450 bits per heavy atom. The molecule has 0 aromatic heterocycles. The summed E-state index contributed by atoms with van der Waals surface area (Å²) in [5.41, 5.74) is 0. The summed E-state index contributed by atoms with van der Waals surface area (Å²) in [6.07, 6.45) is 0. The Morgan fingerprint density at radius 1 is 0.450 bits per heavy atom. The van der Waals surface area contributed by atoms with E-state index in [1.165, 1.54) is 0 Å². The Bertz CT molecular complexity index is 46.2. The van der Waals surface area contributed by atoms with Gasteiger partial charge >= 0.3 is 52.4 Å². The molecule has 0 unspecified atom stereocenters. The number of rotatable bonds is 0. The molecule has 0 saturated heterocycles. The van der Waals surface area contributed by atoms with Crippen LogP contribution in [0.5, 0.6) is 0 Å². The Hall–Kier alpha value is 0.815. The van der Waals surface area contributed by atoms with E-state index in [9.17, 15) is 0 Å². The van der Waals surface area contributed by atoms with E-state index in [-0.39, 0.29) is 76.1 Å². The van der Waals surface area contributed by atoms with Crippen molar-refractivity contribution in [3.05, 3.63) is 0 Å². The molecule has 0 saturated carbocycles. The molecular formula is H21B3CaO16. The third-order valence-electron chi connectivity index (χ3n) is 0. The van der Waals surface area contributed by atoms with E-state index < -0.39 is 22.0 Å². The Morgan fingerprint density at radius 3 is 0.450 bits per heavy atom. The molecule has 0 aromatic carbocycles. The summed E-state index contributed by atoms with van der Waals surface area (Å²) >= 11 is 0. The summed E-state index contributed by atoms with van der Waals surface area (Å²) in [5.74, 6) is 0. The maximum Gasteiger partial charge on any atom is 2.00 e. The molecule has 0 fully saturated rings. The second kappa shape index (κ2) is 72.8. The van der Waals surface area contributed by atoms with Crippen LogP contribution in [0.3, 0.4) is 0 Å². The molecule has 0 amide bonds. The zero-order valence-electron chi connectivity index (χ0n) is 9.89. The molecule has 0 spiro atoms. The zero-order valence-corrected chi connectivity index (χ0v) is 12.1. The monoisotopic (exact) mass is 350 g/mol. The predicted octanol–water partition coefficient (Wildman–Crippen LogP) is -13.6. The summed E-state index contributed by atoms with van der Waals surface area (Å²) in [7, 11) is -7.00. The van der Waals surface area contributed by atoms with Gasteiger partial charge in [-0.15, -0.1) is 0 Å². The van der Waals surface area contributed by atoms with Crippen LogP contribution in [0.2, 0.25) is 0 Å². The number of hydrogen-bond donors (Lipinski definition) is 7. The fraction of sp³-hybridized carbons (Fsp3) is 0. The topological polar surface area (TPSA) is 408 Å². The second-order valence-corrected chi connectivity index (χ2v) is 1.000. The average Bonchev–Trinajstić information content (AvgIpc) is 1.54. The van der Waals surface area contributed by atoms with Crippen LogP contribution in [0.25, 0.3) is 0 Å². The molecule has 0 aromatic rings. The first-order valence-electron chi connectivity index (χ1n) is 2.28. The van der Waals surface area contributed by atoms with Gasteiger partial charge in [0.25, 0.3) is 0 Å². The molecule has 20 heavy (non-hydrogen) atoms. The summed E-state index contributed by atoms with van der Waals surface area (Å²) in [4.78, 5) is 0. The Labute approximate surface area is 143 Å². The van der Waals surface area contributed by atoms with Crippen molar-refractivity contribution in [2.45, 2.75) is 0 Å². The molecule has 0 atom stereocenters. The molecule has 0 aliphatic rings. The first-order valence-corrected chi connectivity index (χ1v) is 2.28. The molecular weight excluding hydrogens is 328 g/mol. The van der Waals surface area contributed by atoms with Gasteiger partial charge in [-0.3, -0.25) is 0 Å². The van der Waals surface area contributed by atoms with Crippen molar-refractivity contribution >= 4 is 59.7 Å². The molecule has 16 nitrogen and oxygen atoms in total. The van der Waals surface area contributed by atoms with E-state index in [2.05, 4.69) is 0 Å². The van der Waals surface area contributed by atoms with Gasteiger partial charge in [0.1, 0.15) is 0 Å². The van der Waals surface area contributed by atoms with Crippen LogP contribution in [0.15, 0.2) is 0 Å². The second-order valence-electron chi connectivity index (χ2n) is 1.000. The molecule has 0 aliphatic heterocycles. The van der Waals surface area contributed by atoms with Crippen molar-refractivity contribution in [1.82, 2.24) is 0 Å². The van der Waals surface area contributed by atoms with Gasteiger partial charge in [0.05, 0.1) is 7.32 Å². The standard InChI is InChI=1S/2BH3O3.BHO3.Ca.7H2O/c3*2-1(3)4;;;;;;;;/h2*2-4H;2H;;7*1H2/q;;-2;+2;;;;;;;. The fourth-order valence-corrected chi connectivity index (χ4v) is 0. The normalized spacial score (nSPS) is 4.05. The van der Waals surface area contributed by atoms with Gasteiger partial charge in [-0.05, 0) is 0 Å². The van der Waals surface area contributed by atoms with Crippen molar-refractivity contribution in [1.29, 1.82) is 0 Å². The molecule has 128 valence electrons. The summed E-state index contributed by atoms with van der Waals surface area (Å²) in [6.45, 7) is 0. The van der Waals surface area contributed by atoms with Crippen LogP contribution < -0.4 is 10.0 Å². The summed E-state index contributed by atoms with van der Waals surface area (Å²) in [5, 5.41) is 67.0. The largest absolute Gasteiger partial charge is 2.00 e. The van der Waals surface area contributed by atoms with Gasteiger partial charge in [-0.2, -0.15) is 0 Å². The minimum atomic E-state index is -2.67. The third kappa shape index (κ3) is 9000. The number of hydrogen-bond acceptors (Lipinski definition) is 9. The van der Waals surface area contributed by atoms with E-state index in [1.54, 1.807) is 0 Å². The maximum absolute atomic E-state index is 8.53. The molecule has 0 radical (unpaired) electrons. The maximum atomic E-state index is 8.53. The quantitative estimate of drug-likeness (QED) is 0.203. The SMILES string of the molecule is O.O.O.O.O.O.O.OB(O)O.OB(O)O.[Ca+2].[O-]B([O-])O. The van der Waals surface area contributed by atoms with Crippen LogP contribution in [-0.4, -0.2) is 133 Å². The molecule has 0 aliphatic carbocycles. The van der Waals surface area contributed by atoms with Gasteiger partial charge in [0.2, 0.25) is 0 Å². The third-order valence-corrected chi connectivity index (χ3v) is 0. The van der Waals surface area contributed by atoms with Gasteiger partial charge in [0.15, 0.2) is 0 Å². The minimum Gasteiger partial charge on any atom is -0.871 e. The van der Waals surface area contributed by atoms with Crippen molar-refractivity contribution in [2.75, 3.05) is 0 Å². The van der Waals surface area contributed by atoms with Crippen molar-refractivity contribution in [3.8, 4) is 0 Å². The zero-order chi connectivity index (χ0) is 10.7. The molecule has 0 rings (SSSR count). The smallest absolute Gasteiger partial charge is 0.871 e. The minimum absolute atomic E-state index is 0. The van der Waals surface area contributed by atoms with Crippen molar-refractivity contribution < 1.29 is 83.5 Å². The first-order chi connectivity index (χ1) is 5.20. The summed E-state index contributed by atoms with van der Waals surface area (Å²) < 4.78 is 0. The van der Waals surface area contributed by atoms with Crippen LogP contribution >= 0.6 is 0 Å². The van der Waals surface area contributed by atoms with Crippen molar-refractivity contribution in [2.24, 2.45) is 0 Å².